The number of aryl methyl sites for hydroxylation is 1. The van der Waals surface area contributed by atoms with Crippen molar-refractivity contribution >= 4 is 17.7 Å². The zero-order valence-electron chi connectivity index (χ0n) is 10.4. The summed E-state index contributed by atoms with van der Waals surface area (Å²) in [5, 5.41) is 19.0. The quantitative estimate of drug-likeness (QED) is 0.571. The van der Waals surface area contributed by atoms with Crippen molar-refractivity contribution in [2.75, 3.05) is 26.4 Å². The lowest BCUT2D eigenvalue weighted by Gasteiger charge is -2.10. The number of carboxylic acids is 1. The Bertz CT molecular complexity index is 378. The summed E-state index contributed by atoms with van der Waals surface area (Å²) in [4.78, 5) is 11.8. The van der Waals surface area contributed by atoms with Gasteiger partial charge in [0.2, 0.25) is 0 Å². The minimum Gasteiger partial charge on any atom is -0.549 e. The molecule has 96 valence electrons. The monoisotopic (exact) mass is 258 g/mol. The van der Waals surface area contributed by atoms with Crippen molar-refractivity contribution in [3.8, 4) is 0 Å². The fourth-order valence-electron chi connectivity index (χ4n) is 1.44. The number of carbonyl (C=O) groups excluding carboxylic acids is 1. The molecule has 7 heteroatoms. The van der Waals surface area contributed by atoms with Crippen molar-refractivity contribution in [2.24, 2.45) is 0 Å². The van der Waals surface area contributed by atoms with E-state index in [0.717, 1.165) is 37.1 Å². The van der Waals surface area contributed by atoms with Gasteiger partial charge in [0, 0.05) is 18.7 Å². The van der Waals surface area contributed by atoms with Gasteiger partial charge < -0.3 is 19.4 Å². The summed E-state index contributed by atoms with van der Waals surface area (Å²) < 4.78 is 1.95. The maximum Gasteiger partial charge on any atom is 0.191 e. The Hall–Kier alpha value is -1.08. The molecule has 0 aliphatic rings. The molecule has 0 aliphatic carbocycles. The second kappa shape index (κ2) is 6.61. The average molecular weight is 258 g/mol. The number of carboxylic acid groups (broad SMARTS) is 1. The lowest BCUT2D eigenvalue weighted by Crippen LogP contribution is -3.05. The maximum absolute atomic E-state index is 10.4. The lowest BCUT2D eigenvalue weighted by molar-refractivity contribution is -0.858. The van der Waals surface area contributed by atoms with E-state index in [0.29, 0.717) is 5.16 Å². The first-order valence-corrected chi connectivity index (χ1v) is 6.50. The van der Waals surface area contributed by atoms with E-state index >= 15 is 0 Å². The van der Waals surface area contributed by atoms with Crippen LogP contribution in [-0.4, -0.2) is 47.1 Å². The number of nitrogens with zero attached hydrogens (tertiary/aromatic N) is 3. The highest BCUT2D eigenvalue weighted by Crippen LogP contribution is 2.16. The van der Waals surface area contributed by atoms with E-state index in [2.05, 4.69) is 24.3 Å². The molecule has 17 heavy (non-hydrogen) atoms. The van der Waals surface area contributed by atoms with Crippen LogP contribution in [0, 0.1) is 6.92 Å². The second-order valence-corrected chi connectivity index (χ2v) is 5.10. The first-order chi connectivity index (χ1) is 8.00. The number of rotatable bonds is 7. The number of aliphatic carboxylic acids is 1. The van der Waals surface area contributed by atoms with Gasteiger partial charge in [0.15, 0.2) is 5.16 Å². The van der Waals surface area contributed by atoms with Gasteiger partial charge >= 0.3 is 0 Å². The summed E-state index contributed by atoms with van der Waals surface area (Å²) in [5.74, 6) is -0.351. The summed E-state index contributed by atoms with van der Waals surface area (Å²) in [7, 11) is 4.20. The number of thioether (sulfide) groups is 1. The van der Waals surface area contributed by atoms with Crippen LogP contribution in [-0.2, 0) is 11.3 Å². The number of quaternary nitrogens is 1. The van der Waals surface area contributed by atoms with Crippen molar-refractivity contribution in [1.82, 2.24) is 14.8 Å². The molecule has 1 rings (SSSR count). The van der Waals surface area contributed by atoms with Crippen LogP contribution >= 0.6 is 11.8 Å². The molecule has 0 saturated heterocycles. The van der Waals surface area contributed by atoms with Crippen LogP contribution in [0.3, 0.4) is 0 Å². The highest BCUT2D eigenvalue weighted by molar-refractivity contribution is 7.99. The van der Waals surface area contributed by atoms with Crippen LogP contribution in [0.25, 0.3) is 0 Å². The standard InChI is InChI=1S/C10H18N4O2S/c1-8-11-12-10(17-7-9(15)16)14(8)6-4-5-13(2)3/h4-7H2,1-3H3,(H,15,16). The van der Waals surface area contributed by atoms with E-state index in [-0.39, 0.29) is 5.75 Å². The molecule has 1 aromatic heterocycles. The first kappa shape index (κ1) is 14.0. The molecule has 1 aromatic rings. The predicted octanol–water partition coefficient (Wildman–Crippen LogP) is -2.04. The molecule has 0 aromatic carbocycles. The van der Waals surface area contributed by atoms with Gasteiger partial charge in [-0.25, -0.2) is 0 Å². The van der Waals surface area contributed by atoms with Gasteiger partial charge in [-0.15, -0.1) is 10.2 Å². The lowest BCUT2D eigenvalue weighted by atomic mass is 10.4. The predicted molar refractivity (Wildman–Crippen MR) is 62.8 cm³/mol. The Kier molecular flexibility index (Phi) is 5.43. The summed E-state index contributed by atoms with van der Waals surface area (Å²) in [6.07, 6.45) is 1.01. The Balaban J connectivity index is 2.56. The topological polar surface area (TPSA) is 75.3 Å². The minimum atomic E-state index is -1.08. The van der Waals surface area contributed by atoms with Crippen molar-refractivity contribution in [1.29, 1.82) is 0 Å². The number of hydrogen-bond acceptors (Lipinski definition) is 5. The van der Waals surface area contributed by atoms with Gasteiger partial charge in [-0.05, 0) is 6.92 Å². The van der Waals surface area contributed by atoms with Crippen molar-refractivity contribution < 1.29 is 14.8 Å². The van der Waals surface area contributed by atoms with Crippen molar-refractivity contribution in [2.45, 2.75) is 25.0 Å². The molecule has 6 nitrogen and oxygen atoms in total. The highest BCUT2D eigenvalue weighted by atomic mass is 32.2. The summed E-state index contributed by atoms with van der Waals surface area (Å²) >= 11 is 1.16. The van der Waals surface area contributed by atoms with Gasteiger partial charge in [-0.3, -0.25) is 0 Å². The Morgan fingerprint density at radius 1 is 1.47 bits per heavy atom. The summed E-state index contributed by atoms with van der Waals surface area (Å²) in [6.45, 7) is 3.75. The third-order valence-electron chi connectivity index (χ3n) is 2.28. The molecule has 0 unspecified atom stereocenters. The van der Waals surface area contributed by atoms with Crippen molar-refractivity contribution in [3.05, 3.63) is 5.82 Å². The summed E-state index contributed by atoms with van der Waals surface area (Å²) in [6, 6.07) is 0. The van der Waals surface area contributed by atoms with E-state index in [1.54, 1.807) is 0 Å². The van der Waals surface area contributed by atoms with E-state index in [4.69, 9.17) is 0 Å². The minimum absolute atomic E-state index is 0.0862. The number of aromatic nitrogens is 3. The molecule has 1 heterocycles. The molecule has 0 amide bonds. The van der Waals surface area contributed by atoms with Crippen LogP contribution in [0.5, 0.6) is 0 Å². The van der Waals surface area contributed by atoms with Crippen LogP contribution in [0.2, 0.25) is 0 Å². The van der Waals surface area contributed by atoms with E-state index < -0.39 is 5.97 Å². The zero-order valence-corrected chi connectivity index (χ0v) is 11.2. The molecule has 0 bridgehead atoms. The Morgan fingerprint density at radius 3 is 2.76 bits per heavy atom. The third-order valence-corrected chi connectivity index (χ3v) is 3.22. The average Bonchev–Trinajstić information content (AvgIpc) is 2.57. The molecule has 0 spiro atoms. The van der Waals surface area contributed by atoms with Gasteiger partial charge in [-0.1, -0.05) is 11.8 Å². The smallest absolute Gasteiger partial charge is 0.191 e. The SMILES string of the molecule is Cc1nnc(SCC(=O)[O-])n1CCC[NH+](C)C. The Labute approximate surface area is 105 Å². The van der Waals surface area contributed by atoms with Gasteiger partial charge in [-0.2, -0.15) is 0 Å². The molecule has 0 saturated carbocycles. The van der Waals surface area contributed by atoms with Crippen molar-refractivity contribution in [3.63, 3.8) is 0 Å². The zero-order chi connectivity index (χ0) is 12.8. The van der Waals surface area contributed by atoms with Crippen LogP contribution in [0.4, 0.5) is 0 Å². The number of carbonyl (C=O) groups is 1. The molecule has 0 radical (unpaired) electrons. The van der Waals surface area contributed by atoms with Crippen LogP contribution in [0.15, 0.2) is 5.16 Å². The largest absolute Gasteiger partial charge is 0.549 e. The van der Waals surface area contributed by atoms with Crippen LogP contribution in [0.1, 0.15) is 12.2 Å². The maximum atomic E-state index is 10.4. The van der Waals surface area contributed by atoms with E-state index in [1.165, 1.54) is 4.90 Å². The fourth-order valence-corrected chi connectivity index (χ4v) is 2.16. The van der Waals surface area contributed by atoms with Gasteiger partial charge in [0.1, 0.15) is 5.82 Å². The molecule has 0 fully saturated rings. The summed E-state index contributed by atoms with van der Waals surface area (Å²) in [5.41, 5.74) is 0. The normalized spacial score (nSPS) is 11.1. The molecule has 0 aliphatic heterocycles. The second-order valence-electron chi connectivity index (χ2n) is 4.15. The Morgan fingerprint density at radius 2 is 2.18 bits per heavy atom. The molecular weight excluding hydrogens is 240 g/mol. The number of nitrogens with one attached hydrogen (secondary N) is 1. The first-order valence-electron chi connectivity index (χ1n) is 5.52. The fraction of sp³-hybridized carbons (Fsp3) is 0.700. The molecule has 0 atom stereocenters. The molecular formula is C10H18N4O2S. The van der Waals surface area contributed by atoms with Crippen LogP contribution < -0.4 is 10.0 Å². The number of hydrogen-bond donors (Lipinski definition) is 1. The van der Waals surface area contributed by atoms with Gasteiger partial charge in [0.25, 0.3) is 0 Å². The van der Waals surface area contributed by atoms with E-state index in [1.807, 2.05) is 11.5 Å². The highest BCUT2D eigenvalue weighted by Gasteiger charge is 2.09. The van der Waals surface area contributed by atoms with Gasteiger partial charge in [0.05, 0.1) is 26.6 Å². The molecule has 1 N–H and O–H groups in total. The van der Waals surface area contributed by atoms with E-state index in [9.17, 15) is 9.90 Å². The third kappa shape index (κ3) is 4.74.